The van der Waals surface area contributed by atoms with Gasteiger partial charge in [-0.3, -0.25) is 4.98 Å². The molecular formula is C9H6N2. The topological polar surface area (TPSA) is 17.8 Å². The van der Waals surface area contributed by atoms with Gasteiger partial charge >= 0.3 is 0 Å². The average molecular weight is 142 g/mol. The van der Waals surface area contributed by atoms with Crippen molar-refractivity contribution in [1.82, 2.24) is 9.55 Å². The molecule has 2 aromatic rings. The molecule has 0 bridgehead atoms. The standard InChI is InChI=1S/C9H6N2/c1-2-7-6-11-5-3-8(11)9(7)10-4-1/h1-6H. The van der Waals surface area contributed by atoms with E-state index in [4.69, 9.17) is 0 Å². The number of hydrogen-bond donors (Lipinski definition) is 0. The first-order valence-corrected chi connectivity index (χ1v) is 3.59. The van der Waals surface area contributed by atoms with Crippen molar-refractivity contribution in [3.63, 3.8) is 0 Å². The largest absolute Gasteiger partial charge is 0.321 e. The van der Waals surface area contributed by atoms with Gasteiger partial charge in [-0.1, -0.05) is 0 Å². The monoisotopic (exact) mass is 142 g/mol. The zero-order valence-corrected chi connectivity index (χ0v) is 5.86. The summed E-state index contributed by atoms with van der Waals surface area (Å²) in [6.07, 6.45) is 8.04. The van der Waals surface area contributed by atoms with Crippen molar-refractivity contribution in [1.29, 1.82) is 0 Å². The van der Waals surface area contributed by atoms with Gasteiger partial charge in [0.2, 0.25) is 0 Å². The molecule has 3 heterocycles. The highest BCUT2D eigenvalue weighted by atomic mass is 15.0. The molecule has 0 amide bonds. The Labute approximate surface area is 63.8 Å². The fourth-order valence-electron chi connectivity index (χ4n) is 1.43. The van der Waals surface area contributed by atoms with E-state index in [0.717, 1.165) is 5.52 Å². The van der Waals surface area contributed by atoms with Gasteiger partial charge in [-0.2, -0.15) is 0 Å². The van der Waals surface area contributed by atoms with Crippen LogP contribution in [0, 0.1) is 0 Å². The Morgan fingerprint density at radius 1 is 1.36 bits per heavy atom. The number of aromatic nitrogens is 2. The molecule has 1 aliphatic rings. The first kappa shape index (κ1) is 5.13. The van der Waals surface area contributed by atoms with E-state index in [-0.39, 0.29) is 0 Å². The van der Waals surface area contributed by atoms with E-state index in [0.29, 0.717) is 0 Å². The first-order valence-electron chi connectivity index (χ1n) is 3.59. The predicted molar refractivity (Wildman–Crippen MR) is 45.0 cm³/mol. The van der Waals surface area contributed by atoms with Gasteiger partial charge in [-0.25, -0.2) is 0 Å². The molecule has 11 heavy (non-hydrogen) atoms. The summed E-state index contributed by atoms with van der Waals surface area (Å²) in [5, 5.41) is 1.22. The van der Waals surface area contributed by atoms with E-state index in [1.165, 1.54) is 11.1 Å². The zero-order chi connectivity index (χ0) is 7.26. The molecule has 0 unspecified atom stereocenters. The maximum absolute atomic E-state index is 4.28. The number of rotatable bonds is 0. The summed E-state index contributed by atoms with van der Waals surface area (Å²) in [7, 11) is 0. The predicted octanol–water partition coefficient (Wildman–Crippen LogP) is 1.98. The highest BCUT2D eigenvalue weighted by Crippen LogP contribution is 2.25. The maximum Gasteiger partial charge on any atom is 0.0957 e. The molecule has 0 atom stereocenters. The van der Waals surface area contributed by atoms with E-state index in [9.17, 15) is 0 Å². The number of nitrogens with zero attached hydrogens (tertiary/aromatic N) is 2. The van der Waals surface area contributed by atoms with Crippen LogP contribution in [0.1, 0.15) is 5.69 Å². The van der Waals surface area contributed by atoms with Crippen molar-refractivity contribution in [2.75, 3.05) is 0 Å². The van der Waals surface area contributed by atoms with Crippen molar-refractivity contribution in [2.45, 2.75) is 0 Å². The van der Waals surface area contributed by atoms with Crippen molar-refractivity contribution in [2.24, 2.45) is 0 Å². The molecule has 0 aliphatic carbocycles. The van der Waals surface area contributed by atoms with Gasteiger partial charge in [0, 0.05) is 24.0 Å². The molecule has 0 aromatic carbocycles. The molecule has 1 aliphatic heterocycles. The summed E-state index contributed by atoms with van der Waals surface area (Å²) in [5.74, 6) is 0. The molecule has 52 valence electrons. The minimum atomic E-state index is 1.11. The fourth-order valence-corrected chi connectivity index (χ4v) is 1.43. The van der Waals surface area contributed by atoms with Crippen LogP contribution < -0.4 is 0 Å². The number of hydrogen-bond acceptors (Lipinski definition) is 1. The third kappa shape index (κ3) is 0.499. The van der Waals surface area contributed by atoms with E-state index in [2.05, 4.69) is 27.9 Å². The molecule has 0 radical (unpaired) electrons. The summed E-state index contributed by atoms with van der Waals surface area (Å²) in [4.78, 5) is 4.28. The zero-order valence-electron chi connectivity index (χ0n) is 5.86. The number of pyridine rings is 1. The lowest BCUT2D eigenvalue weighted by Gasteiger charge is -2.06. The van der Waals surface area contributed by atoms with Gasteiger partial charge in [-0.15, -0.1) is 0 Å². The Bertz CT molecular complexity index is 452. The van der Waals surface area contributed by atoms with E-state index in [1.807, 2.05) is 18.5 Å². The Balaban J connectivity index is 2.56. The van der Waals surface area contributed by atoms with E-state index in [1.54, 1.807) is 0 Å². The smallest absolute Gasteiger partial charge is 0.0957 e. The Kier molecular flexibility index (Phi) is 0.714. The first-order chi connectivity index (χ1) is 5.45. The molecule has 2 heteroatoms. The lowest BCUT2D eigenvalue weighted by molar-refractivity contribution is 1.12. The maximum atomic E-state index is 4.28. The molecule has 0 saturated carbocycles. The van der Waals surface area contributed by atoms with Crippen LogP contribution in [-0.4, -0.2) is 9.55 Å². The summed E-state index contributed by atoms with van der Waals surface area (Å²) in [6, 6.07) is 4.04. The average Bonchev–Trinajstić information content (AvgIpc) is 2.23. The number of fused-ring (bicyclic) bond motifs is 3. The molecule has 0 spiro atoms. The van der Waals surface area contributed by atoms with Crippen LogP contribution in [0.4, 0.5) is 0 Å². The lowest BCUT2D eigenvalue weighted by Crippen LogP contribution is -1.95. The Hall–Kier alpha value is -1.57. The fraction of sp³-hybridized carbons (Fsp3) is 0. The van der Waals surface area contributed by atoms with Crippen LogP contribution >= 0.6 is 0 Å². The minimum absolute atomic E-state index is 1.11. The van der Waals surface area contributed by atoms with Crippen LogP contribution in [0.3, 0.4) is 0 Å². The molecule has 0 N–H and O–H groups in total. The third-order valence-corrected chi connectivity index (χ3v) is 2.03. The highest BCUT2D eigenvalue weighted by Gasteiger charge is 2.10. The van der Waals surface area contributed by atoms with Crippen molar-refractivity contribution in [3.05, 3.63) is 30.2 Å². The second-order valence-electron chi connectivity index (χ2n) is 2.68. The normalized spacial score (nSPS) is 13.1. The molecular weight excluding hydrogens is 136 g/mol. The van der Waals surface area contributed by atoms with E-state index < -0.39 is 0 Å². The second-order valence-corrected chi connectivity index (χ2v) is 2.68. The van der Waals surface area contributed by atoms with Gasteiger partial charge in [0.15, 0.2) is 0 Å². The van der Waals surface area contributed by atoms with Gasteiger partial charge in [0.1, 0.15) is 0 Å². The molecule has 3 rings (SSSR count). The van der Waals surface area contributed by atoms with Crippen molar-refractivity contribution in [3.8, 4) is 0 Å². The Morgan fingerprint density at radius 3 is 3.18 bits per heavy atom. The summed E-state index contributed by atoms with van der Waals surface area (Å²) >= 11 is 0. The van der Waals surface area contributed by atoms with E-state index >= 15 is 0 Å². The van der Waals surface area contributed by atoms with Crippen LogP contribution in [-0.2, 0) is 0 Å². The van der Waals surface area contributed by atoms with Gasteiger partial charge in [0.25, 0.3) is 0 Å². The summed E-state index contributed by atoms with van der Waals surface area (Å²) < 4.78 is 2.09. The van der Waals surface area contributed by atoms with Crippen molar-refractivity contribution < 1.29 is 0 Å². The van der Waals surface area contributed by atoms with Crippen LogP contribution in [0.5, 0.6) is 0 Å². The van der Waals surface area contributed by atoms with Crippen LogP contribution in [0.15, 0.2) is 24.5 Å². The van der Waals surface area contributed by atoms with Crippen LogP contribution in [0.2, 0.25) is 0 Å². The SMILES string of the molecule is C1=Cn2cc3cccnc3c21. The molecule has 0 saturated heterocycles. The Morgan fingerprint density at radius 2 is 2.36 bits per heavy atom. The molecule has 0 fully saturated rings. The van der Waals surface area contributed by atoms with Gasteiger partial charge < -0.3 is 4.57 Å². The second kappa shape index (κ2) is 1.53. The summed E-state index contributed by atoms with van der Waals surface area (Å²) in [5.41, 5.74) is 2.33. The summed E-state index contributed by atoms with van der Waals surface area (Å²) in [6.45, 7) is 0. The van der Waals surface area contributed by atoms with Crippen molar-refractivity contribution >= 4 is 23.2 Å². The minimum Gasteiger partial charge on any atom is -0.321 e. The van der Waals surface area contributed by atoms with Crippen LogP contribution in [0.25, 0.3) is 23.2 Å². The van der Waals surface area contributed by atoms with Gasteiger partial charge in [-0.05, 0) is 18.2 Å². The van der Waals surface area contributed by atoms with Gasteiger partial charge in [0.05, 0.1) is 11.2 Å². The highest BCUT2D eigenvalue weighted by molar-refractivity contribution is 5.93. The quantitative estimate of drug-likeness (QED) is 0.469. The molecule has 2 aromatic heterocycles. The third-order valence-electron chi connectivity index (χ3n) is 2.03. The molecule has 2 nitrogen and oxygen atoms in total. The lowest BCUT2D eigenvalue weighted by atomic mass is 10.2.